The van der Waals surface area contributed by atoms with Crippen LogP contribution in [0.4, 0.5) is 11.4 Å². The van der Waals surface area contributed by atoms with Crippen molar-refractivity contribution in [2.24, 2.45) is 0 Å². The Morgan fingerprint density at radius 1 is 1.38 bits per heavy atom. The van der Waals surface area contributed by atoms with Gasteiger partial charge in [-0.25, -0.2) is 0 Å². The number of nitrogen functional groups attached to an aromatic ring is 1. The van der Waals surface area contributed by atoms with Gasteiger partial charge in [-0.05, 0) is 18.9 Å². The molecule has 1 fully saturated rings. The van der Waals surface area contributed by atoms with Crippen molar-refractivity contribution >= 4 is 17.3 Å². The standard InChI is InChI=1S/C14H19N3O4/c15-10-5-4-6-11(17(20)21)12(10)13(18)16-9-14(19)7-2-1-3-8-14/h4-6,19H,1-3,7-9,15H2,(H,16,18). The fourth-order valence-corrected chi connectivity index (χ4v) is 2.68. The molecule has 4 N–H and O–H groups in total. The largest absolute Gasteiger partial charge is 0.398 e. The first kappa shape index (κ1) is 15.2. The number of rotatable bonds is 4. The number of amides is 1. The summed E-state index contributed by atoms with van der Waals surface area (Å²) in [5, 5.41) is 23.9. The lowest BCUT2D eigenvalue weighted by molar-refractivity contribution is -0.385. The predicted molar refractivity (Wildman–Crippen MR) is 77.9 cm³/mol. The molecule has 0 radical (unpaired) electrons. The normalized spacial score (nSPS) is 17.2. The molecule has 0 heterocycles. The van der Waals surface area contributed by atoms with Crippen LogP contribution in [-0.2, 0) is 0 Å². The summed E-state index contributed by atoms with van der Waals surface area (Å²) in [6.45, 7) is 0.0807. The molecule has 0 saturated heterocycles. The van der Waals surface area contributed by atoms with Gasteiger partial charge in [0.05, 0.1) is 16.2 Å². The number of nitrogens with zero attached hydrogens (tertiary/aromatic N) is 1. The van der Waals surface area contributed by atoms with Gasteiger partial charge < -0.3 is 16.2 Å². The summed E-state index contributed by atoms with van der Waals surface area (Å²) in [7, 11) is 0. The molecule has 1 aliphatic carbocycles. The molecular formula is C14H19N3O4. The van der Waals surface area contributed by atoms with E-state index in [2.05, 4.69) is 5.32 Å². The first-order chi connectivity index (χ1) is 9.93. The number of anilines is 1. The molecule has 7 nitrogen and oxygen atoms in total. The van der Waals surface area contributed by atoms with E-state index < -0.39 is 16.4 Å². The summed E-state index contributed by atoms with van der Waals surface area (Å²) >= 11 is 0. The van der Waals surface area contributed by atoms with E-state index in [1.54, 1.807) is 0 Å². The number of hydrogen-bond acceptors (Lipinski definition) is 5. The Morgan fingerprint density at radius 3 is 2.67 bits per heavy atom. The molecule has 1 aromatic carbocycles. The maximum absolute atomic E-state index is 12.2. The van der Waals surface area contributed by atoms with Crippen LogP contribution in [0.2, 0.25) is 0 Å². The van der Waals surface area contributed by atoms with E-state index in [1.165, 1.54) is 18.2 Å². The van der Waals surface area contributed by atoms with Gasteiger partial charge in [-0.2, -0.15) is 0 Å². The Hall–Kier alpha value is -2.15. The number of carbonyl (C=O) groups excluding carboxylic acids is 1. The first-order valence-corrected chi connectivity index (χ1v) is 6.96. The SMILES string of the molecule is Nc1cccc([N+](=O)[O-])c1C(=O)NCC1(O)CCCCC1. The minimum atomic E-state index is -0.924. The molecule has 0 unspecified atom stereocenters. The number of nitro groups is 1. The summed E-state index contributed by atoms with van der Waals surface area (Å²) in [5.41, 5.74) is 4.32. The minimum absolute atomic E-state index is 0.0531. The summed E-state index contributed by atoms with van der Waals surface area (Å²) in [6, 6.07) is 4.11. The van der Waals surface area contributed by atoms with Crippen LogP contribution in [0.5, 0.6) is 0 Å². The molecule has 2 rings (SSSR count). The molecule has 0 bridgehead atoms. The minimum Gasteiger partial charge on any atom is -0.398 e. The molecule has 0 atom stereocenters. The fourth-order valence-electron chi connectivity index (χ4n) is 2.68. The number of nitrogens with two attached hydrogens (primary N) is 1. The molecule has 0 aliphatic heterocycles. The highest BCUT2D eigenvalue weighted by Crippen LogP contribution is 2.28. The fraction of sp³-hybridized carbons (Fsp3) is 0.500. The van der Waals surface area contributed by atoms with Crippen molar-refractivity contribution in [2.75, 3.05) is 12.3 Å². The predicted octanol–water partition coefficient (Wildman–Crippen LogP) is 1.60. The van der Waals surface area contributed by atoms with Crippen LogP contribution in [0.1, 0.15) is 42.5 Å². The lowest BCUT2D eigenvalue weighted by Gasteiger charge is -2.32. The van der Waals surface area contributed by atoms with Gasteiger partial charge in [0.25, 0.3) is 11.6 Å². The monoisotopic (exact) mass is 293 g/mol. The van der Waals surface area contributed by atoms with E-state index in [0.717, 1.165) is 19.3 Å². The Kier molecular flexibility index (Phi) is 4.42. The molecule has 0 spiro atoms. The van der Waals surface area contributed by atoms with E-state index >= 15 is 0 Å². The third-order valence-corrected chi connectivity index (χ3v) is 3.86. The van der Waals surface area contributed by atoms with Crippen molar-refractivity contribution in [3.8, 4) is 0 Å². The summed E-state index contributed by atoms with van der Waals surface area (Å²) in [4.78, 5) is 22.5. The molecule has 1 amide bonds. The van der Waals surface area contributed by atoms with Crippen LogP contribution < -0.4 is 11.1 Å². The topological polar surface area (TPSA) is 118 Å². The van der Waals surface area contributed by atoms with Gasteiger partial charge in [0, 0.05) is 12.6 Å². The van der Waals surface area contributed by atoms with Crippen LogP contribution in [0, 0.1) is 10.1 Å². The van der Waals surface area contributed by atoms with E-state index in [-0.39, 0.29) is 23.5 Å². The van der Waals surface area contributed by atoms with Crippen LogP contribution in [0.3, 0.4) is 0 Å². The van der Waals surface area contributed by atoms with Gasteiger partial charge in [0.15, 0.2) is 0 Å². The van der Waals surface area contributed by atoms with Crippen LogP contribution in [-0.4, -0.2) is 28.1 Å². The second-order valence-electron chi connectivity index (χ2n) is 5.47. The van der Waals surface area contributed by atoms with Crippen molar-refractivity contribution in [1.29, 1.82) is 0 Å². The number of nitro benzene ring substituents is 1. The van der Waals surface area contributed by atoms with Crippen molar-refractivity contribution in [1.82, 2.24) is 5.32 Å². The zero-order valence-electron chi connectivity index (χ0n) is 11.7. The van der Waals surface area contributed by atoms with E-state index in [4.69, 9.17) is 5.73 Å². The Balaban J connectivity index is 2.12. The molecule has 1 aromatic rings. The number of hydrogen-bond donors (Lipinski definition) is 3. The molecule has 1 saturated carbocycles. The molecule has 7 heteroatoms. The van der Waals surface area contributed by atoms with Crippen molar-refractivity contribution in [2.45, 2.75) is 37.7 Å². The van der Waals surface area contributed by atoms with E-state index in [9.17, 15) is 20.0 Å². The Morgan fingerprint density at radius 2 is 2.05 bits per heavy atom. The molecule has 21 heavy (non-hydrogen) atoms. The molecule has 0 aromatic heterocycles. The van der Waals surface area contributed by atoms with Gasteiger partial charge in [-0.15, -0.1) is 0 Å². The first-order valence-electron chi connectivity index (χ1n) is 6.96. The number of aliphatic hydroxyl groups is 1. The molecular weight excluding hydrogens is 274 g/mol. The average molecular weight is 293 g/mol. The van der Waals surface area contributed by atoms with Gasteiger partial charge in [-0.1, -0.05) is 25.3 Å². The summed E-state index contributed by atoms with van der Waals surface area (Å²) in [6.07, 6.45) is 4.16. The highest BCUT2D eigenvalue weighted by atomic mass is 16.6. The second-order valence-corrected chi connectivity index (χ2v) is 5.47. The van der Waals surface area contributed by atoms with E-state index in [1.807, 2.05) is 0 Å². The van der Waals surface area contributed by atoms with Crippen molar-refractivity contribution < 1.29 is 14.8 Å². The smallest absolute Gasteiger partial charge is 0.284 e. The van der Waals surface area contributed by atoms with Gasteiger partial charge >= 0.3 is 0 Å². The number of carbonyl (C=O) groups is 1. The summed E-state index contributed by atoms with van der Waals surface area (Å²) < 4.78 is 0. The Bertz CT molecular complexity index is 553. The van der Waals surface area contributed by atoms with Gasteiger partial charge in [0.2, 0.25) is 0 Å². The van der Waals surface area contributed by atoms with Gasteiger partial charge in [-0.3, -0.25) is 14.9 Å². The van der Waals surface area contributed by atoms with Crippen LogP contribution >= 0.6 is 0 Å². The zero-order chi connectivity index (χ0) is 15.5. The van der Waals surface area contributed by atoms with E-state index in [0.29, 0.717) is 12.8 Å². The number of benzene rings is 1. The van der Waals surface area contributed by atoms with Crippen molar-refractivity contribution in [3.05, 3.63) is 33.9 Å². The Labute approximate surface area is 122 Å². The highest BCUT2D eigenvalue weighted by Gasteiger charge is 2.31. The third-order valence-electron chi connectivity index (χ3n) is 3.86. The molecule has 1 aliphatic rings. The lowest BCUT2D eigenvalue weighted by atomic mass is 9.85. The molecule has 114 valence electrons. The van der Waals surface area contributed by atoms with Crippen LogP contribution in [0.25, 0.3) is 0 Å². The average Bonchev–Trinajstić information content (AvgIpc) is 2.45. The maximum Gasteiger partial charge on any atom is 0.284 e. The summed E-state index contributed by atoms with van der Waals surface area (Å²) in [5.74, 6) is -0.626. The lowest BCUT2D eigenvalue weighted by Crippen LogP contribution is -2.44. The second kappa shape index (κ2) is 6.09. The zero-order valence-corrected chi connectivity index (χ0v) is 11.7. The maximum atomic E-state index is 12.2. The third kappa shape index (κ3) is 3.49. The number of nitrogens with one attached hydrogen (secondary N) is 1. The van der Waals surface area contributed by atoms with Crippen LogP contribution in [0.15, 0.2) is 18.2 Å². The highest BCUT2D eigenvalue weighted by molar-refractivity contribution is 6.03. The quantitative estimate of drug-likeness (QED) is 0.442. The van der Waals surface area contributed by atoms with Gasteiger partial charge in [0.1, 0.15) is 5.56 Å². The van der Waals surface area contributed by atoms with Crippen molar-refractivity contribution in [3.63, 3.8) is 0 Å².